The first kappa shape index (κ1) is 15.1. The standard InChI is InChI=1S/C14H18N2O5/c1-19-9-15-13(17)12-8-16(14(18)21-12)7-10-3-5-11(20-2)6-4-10/h3-6,12H,7-9H2,1-2H3,(H,15,17)/t12-/m1/s1. The Bertz CT molecular complexity index is 503. The van der Waals surface area contributed by atoms with Crippen LogP contribution in [0.1, 0.15) is 5.56 Å². The third-order valence-electron chi connectivity index (χ3n) is 3.10. The van der Waals surface area contributed by atoms with Gasteiger partial charge in [0.2, 0.25) is 0 Å². The highest BCUT2D eigenvalue weighted by Crippen LogP contribution is 2.17. The summed E-state index contributed by atoms with van der Waals surface area (Å²) in [6, 6.07) is 7.37. The highest BCUT2D eigenvalue weighted by Gasteiger charge is 2.35. The number of amides is 2. The molecule has 2 amide bonds. The van der Waals surface area contributed by atoms with Gasteiger partial charge in [0.05, 0.1) is 13.7 Å². The van der Waals surface area contributed by atoms with Gasteiger partial charge >= 0.3 is 6.09 Å². The lowest BCUT2D eigenvalue weighted by Crippen LogP contribution is -2.38. The number of carbonyl (C=O) groups excluding carboxylic acids is 2. The zero-order chi connectivity index (χ0) is 15.2. The van der Waals surface area contributed by atoms with Crippen molar-refractivity contribution in [3.8, 4) is 5.75 Å². The lowest BCUT2D eigenvalue weighted by Gasteiger charge is -2.13. The van der Waals surface area contributed by atoms with Gasteiger partial charge in [-0.05, 0) is 17.7 Å². The van der Waals surface area contributed by atoms with E-state index in [0.29, 0.717) is 6.54 Å². The van der Waals surface area contributed by atoms with Gasteiger partial charge in [-0.15, -0.1) is 0 Å². The van der Waals surface area contributed by atoms with Crippen LogP contribution in [0.4, 0.5) is 4.79 Å². The van der Waals surface area contributed by atoms with Crippen molar-refractivity contribution >= 4 is 12.0 Å². The van der Waals surface area contributed by atoms with Crippen LogP contribution in [0.2, 0.25) is 0 Å². The van der Waals surface area contributed by atoms with Gasteiger partial charge in [0.1, 0.15) is 12.5 Å². The van der Waals surface area contributed by atoms with Crippen molar-refractivity contribution in [3.05, 3.63) is 29.8 Å². The monoisotopic (exact) mass is 294 g/mol. The SMILES string of the molecule is COCNC(=O)[C@H]1CN(Cc2ccc(OC)cc2)C(=O)O1. The third-order valence-corrected chi connectivity index (χ3v) is 3.10. The van der Waals surface area contributed by atoms with Crippen LogP contribution >= 0.6 is 0 Å². The fraction of sp³-hybridized carbons (Fsp3) is 0.429. The zero-order valence-corrected chi connectivity index (χ0v) is 12.0. The molecule has 0 aliphatic carbocycles. The van der Waals surface area contributed by atoms with E-state index in [-0.39, 0.29) is 19.2 Å². The molecule has 0 saturated carbocycles. The molecule has 0 bridgehead atoms. The molecule has 0 radical (unpaired) electrons. The fourth-order valence-electron chi connectivity index (χ4n) is 1.98. The summed E-state index contributed by atoms with van der Waals surface area (Å²) in [6.07, 6.45) is -1.30. The summed E-state index contributed by atoms with van der Waals surface area (Å²) < 4.78 is 14.9. The molecule has 1 N–H and O–H groups in total. The number of nitrogens with one attached hydrogen (secondary N) is 1. The van der Waals surface area contributed by atoms with E-state index in [1.165, 1.54) is 12.0 Å². The zero-order valence-electron chi connectivity index (χ0n) is 12.0. The van der Waals surface area contributed by atoms with Crippen LogP contribution in [-0.2, 0) is 20.8 Å². The molecule has 1 aromatic rings. The normalized spacial score (nSPS) is 17.5. The van der Waals surface area contributed by atoms with Crippen molar-refractivity contribution in [2.45, 2.75) is 12.6 Å². The molecule has 1 fully saturated rings. The van der Waals surface area contributed by atoms with Gasteiger partial charge in [-0.25, -0.2) is 4.79 Å². The van der Waals surface area contributed by atoms with Crippen molar-refractivity contribution in [1.82, 2.24) is 10.2 Å². The minimum Gasteiger partial charge on any atom is -0.497 e. The topological polar surface area (TPSA) is 77.1 Å². The van der Waals surface area contributed by atoms with Crippen molar-refractivity contribution in [2.24, 2.45) is 0 Å². The van der Waals surface area contributed by atoms with Gasteiger partial charge in [0.15, 0.2) is 6.10 Å². The predicted molar refractivity (Wildman–Crippen MR) is 73.7 cm³/mol. The van der Waals surface area contributed by atoms with Crippen molar-refractivity contribution in [3.63, 3.8) is 0 Å². The summed E-state index contributed by atoms with van der Waals surface area (Å²) in [6.45, 7) is 0.697. The number of ether oxygens (including phenoxy) is 3. The Kier molecular flexibility index (Phi) is 4.99. The molecule has 0 aromatic heterocycles. The Morgan fingerprint density at radius 1 is 1.38 bits per heavy atom. The second-order valence-corrected chi connectivity index (χ2v) is 4.58. The summed E-state index contributed by atoms with van der Waals surface area (Å²) in [4.78, 5) is 25.0. The van der Waals surface area contributed by atoms with E-state index in [2.05, 4.69) is 5.32 Å². The highest BCUT2D eigenvalue weighted by atomic mass is 16.6. The van der Waals surface area contributed by atoms with Gasteiger partial charge in [-0.1, -0.05) is 12.1 Å². The number of rotatable bonds is 6. The Morgan fingerprint density at radius 2 is 2.10 bits per heavy atom. The largest absolute Gasteiger partial charge is 0.497 e. The van der Waals surface area contributed by atoms with Gasteiger partial charge < -0.3 is 19.5 Å². The van der Waals surface area contributed by atoms with Gasteiger partial charge in [0.25, 0.3) is 5.91 Å². The molecule has 7 nitrogen and oxygen atoms in total. The van der Waals surface area contributed by atoms with E-state index >= 15 is 0 Å². The number of methoxy groups -OCH3 is 2. The van der Waals surface area contributed by atoms with E-state index < -0.39 is 12.2 Å². The molecule has 1 aliphatic heterocycles. The van der Waals surface area contributed by atoms with Crippen LogP contribution in [0.5, 0.6) is 5.75 Å². The molecule has 1 atom stereocenters. The first-order valence-electron chi connectivity index (χ1n) is 6.49. The van der Waals surface area contributed by atoms with E-state index in [9.17, 15) is 9.59 Å². The number of cyclic esters (lactones) is 1. The van der Waals surface area contributed by atoms with Gasteiger partial charge in [0, 0.05) is 13.7 Å². The Morgan fingerprint density at radius 3 is 2.71 bits per heavy atom. The molecule has 0 unspecified atom stereocenters. The molecule has 1 saturated heterocycles. The molecule has 114 valence electrons. The summed E-state index contributed by atoms with van der Waals surface area (Å²) in [5.74, 6) is 0.391. The average molecular weight is 294 g/mol. The number of nitrogens with zero attached hydrogens (tertiary/aromatic N) is 1. The van der Waals surface area contributed by atoms with Gasteiger partial charge in [-0.3, -0.25) is 9.69 Å². The second kappa shape index (κ2) is 6.94. The molecule has 7 heteroatoms. The third kappa shape index (κ3) is 3.85. The first-order chi connectivity index (χ1) is 10.1. The van der Waals surface area contributed by atoms with E-state index in [4.69, 9.17) is 14.2 Å². The van der Waals surface area contributed by atoms with Crippen molar-refractivity contribution in [2.75, 3.05) is 27.5 Å². The van der Waals surface area contributed by atoms with E-state index in [1.54, 1.807) is 7.11 Å². The van der Waals surface area contributed by atoms with Crippen LogP contribution in [0.15, 0.2) is 24.3 Å². The molecule has 21 heavy (non-hydrogen) atoms. The van der Waals surface area contributed by atoms with Crippen molar-refractivity contribution < 1.29 is 23.8 Å². The summed E-state index contributed by atoms with van der Waals surface area (Å²) >= 11 is 0. The average Bonchev–Trinajstić information content (AvgIpc) is 2.87. The number of hydrogen-bond acceptors (Lipinski definition) is 5. The fourth-order valence-corrected chi connectivity index (χ4v) is 1.98. The van der Waals surface area contributed by atoms with Crippen LogP contribution in [0.3, 0.4) is 0 Å². The van der Waals surface area contributed by atoms with Gasteiger partial charge in [-0.2, -0.15) is 0 Å². The second-order valence-electron chi connectivity index (χ2n) is 4.58. The van der Waals surface area contributed by atoms with Crippen LogP contribution in [-0.4, -0.2) is 50.5 Å². The molecule has 0 spiro atoms. The molecule has 1 aliphatic rings. The van der Waals surface area contributed by atoms with Crippen molar-refractivity contribution in [1.29, 1.82) is 0 Å². The van der Waals surface area contributed by atoms with E-state index in [1.807, 2.05) is 24.3 Å². The number of benzene rings is 1. The van der Waals surface area contributed by atoms with Crippen LogP contribution in [0, 0.1) is 0 Å². The Labute approximate surface area is 122 Å². The summed E-state index contributed by atoms with van der Waals surface area (Å²) in [7, 11) is 3.06. The predicted octanol–water partition coefficient (Wildman–Crippen LogP) is 0.736. The van der Waals surface area contributed by atoms with Crippen LogP contribution < -0.4 is 10.1 Å². The number of hydrogen-bond donors (Lipinski definition) is 1. The first-order valence-corrected chi connectivity index (χ1v) is 6.49. The van der Waals surface area contributed by atoms with Crippen LogP contribution in [0.25, 0.3) is 0 Å². The maximum atomic E-state index is 11.8. The van der Waals surface area contributed by atoms with E-state index in [0.717, 1.165) is 11.3 Å². The minimum absolute atomic E-state index is 0.0887. The molecular formula is C14H18N2O5. The molecule has 2 rings (SSSR count). The minimum atomic E-state index is -0.800. The maximum absolute atomic E-state index is 11.8. The summed E-state index contributed by atoms with van der Waals surface area (Å²) in [5, 5.41) is 2.51. The summed E-state index contributed by atoms with van der Waals surface area (Å²) in [5.41, 5.74) is 0.936. The molecule has 1 heterocycles. The molecular weight excluding hydrogens is 276 g/mol. The highest BCUT2D eigenvalue weighted by molar-refractivity contribution is 5.86. The quantitative estimate of drug-likeness (QED) is 0.783. The lowest BCUT2D eigenvalue weighted by atomic mass is 10.2. The smallest absolute Gasteiger partial charge is 0.411 e. The Hall–Kier alpha value is -2.28. The number of carbonyl (C=O) groups is 2. The maximum Gasteiger partial charge on any atom is 0.411 e. The molecule has 1 aromatic carbocycles. The lowest BCUT2D eigenvalue weighted by molar-refractivity contribution is -0.129. The Balaban J connectivity index is 1.92.